The number of nitrogens with two attached hydrogens (primary N) is 1. The van der Waals surface area contributed by atoms with Crippen molar-refractivity contribution in [1.82, 2.24) is 0 Å². The molecule has 1 atom stereocenters. The van der Waals surface area contributed by atoms with Crippen LogP contribution in [0.2, 0.25) is 10.0 Å². The molecule has 0 amide bonds. The lowest BCUT2D eigenvalue weighted by molar-refractivity contribution is 0.627. The van der Waals surface area contributed by atoms with Crippen LogP contribution in [0.15, 0.2) is 53.5 Å². The van der Waals surface area contributed by atoms with Gasteiger partial charge in [-0.3, -0.25) is 0 Å². The molecule has 1 aliphatic rings. The van der Waals surface area contributed by atoms with Crippen molar-refractivity contribution in [3.05, 3.63) is 75.5 Å². The molecule has 1 aliphatic heterocycles. The Morgan fingerprint density at radius 1 is 1.09 bits per heavy atom. The fourth-order valence-corrected chi connectivity index (χ4v) is 3.69. The highest BCUT2D eigenvalue weighted by atomic mass is 35.5. The number of benzene rings is 2. The first-order valence-corrected chi connectivity index (χ1v) is 8.10. The van der Waals surface area contributed by atoms with Crippen LogP contribution in [0, 0.1) is 5.82 Å². The zero-order valence-electron chi connectivity index (χ0n) is 11.3. The molecular weight excluding hydrogens is 342 g/mol. The average Bonchev–Trinajstić information content (AvgIpc) is 2.47. The van der Waals surface area contributed by atoms with Crippen molar-refractivity contribution in [2.24, 2.45) is 10.7 Å². The van der Waals surface area contributed by atoms with Gasteiger partial charge in [-0.1, -0.05) is 41.0 Å². The highest BCUT2D eigenvalue weighted by Gasteiger charge is 2.21. The van der Waals surface area contributed by atoms with Gasteiger partial charge in [-0.15, -0.1) is 0 Å². The van der Waals surface area contributed by atoms with E-state index in [2.05, 4.69) is 4.99 Å². The van der Waals surface area contributed by atoms with Gasteiger partial charge in [-0.25, -0.2) is 9.38 Å². The van der Waals surface area contributed by atoms with E-state index in [0.717, 1.165) is 11.1 Å². The molecule has 3 rings (SSSR count). The fraction of sp³-hybridized carbons (Fsp3) is 0.0625. The maximum Gasteiger partial charge on any atom is 0.160 e. The van der Waals surface area contributed by atoms with Gasteiger partial charge in [-0.05, 0) is 48.0 Å². The van der Waals surface area contributed by atoms with Crippen LogP contribution in [0.25, 0.3) is 5.70 Å². The number of thioether (sulfide) groups is 1. The van der Waals surface area contributed by atoms with Crippen molar-refractivity contribution in [1.29, 1.82) is 0 Å². The van der Waals surface area contributed by atoms with E-state index >= 15 is 0 Å². The van der Waals surface area contributed by atoms with Crippen LogP contribution in [0.5, 0.6) is 0 Å². The van der Waals surface area contributed by atoms with Gasteiger partial charge in [0.25, 0.3) is 0 Å². The molecule has 22 heavy (non-hydrogen) atoms. The summed E-state index contributed by atoms with van der Waals surface area (Å²) in [7, 11) is 0. The Kier molecular flexibility index (Phi) is 4.43. The molecule has 6 heteroatoms. The Labute approximate surface area is 141 Å². The maximum atomic E-state index is 13.0. The van der Waals surface area contributed by atoms with Crippen LogP contribution < -0.4 is 5.73 Å². The highest BCUT2D eigenvalue weighted by Crippen LogP contribution is 2.40. The second kappa shape index (κ2) is 6.32. The molecule has 0 saturated heterocycles. The van der Waals surface area contributed by atoms with Crippen molar-refractivity contribution < 1.29 is 4.39 Å². The number of halogens is 3. The standard InChI is InChI=1S/C16H11Cl2FN2S/c17-10-3-6-12(13(18)7-10)15-8-14(21-16(20)22-15)9-1-4-11(19)5-2-9/h1-8,15H,(H2,20,21)/t15-/m1/s1. The highest BCUT2D eigenvalue weighted by molar-refractivity contribution is 8.14. The molecule has 0 unspecified atom stereocenters. The van der Waals surface area contributed by atoms with Crippen LogP contribution >= 0.6 is 35.0 Å². The summed E-state index contributed by atoms with van der Waals surface area (Å²) in [5.74, 6) is -0.288. The molecular formula is C16H11Cl2FN2S. The van der Waals surface area contributed by atoms with E-state index in [0.29, 0.717) is 20.9 Å². The largest absolute Gasteiger partial charge is 0.378 e. The second-order valence-corrected chi connectivity index (χ2v) is 6.72. The molecule has 2 aromatic carbocycles. The minimum Gasteiger partial charge on any atom is -0.378 e. The smallest absolute Gasteiger partial charge is 0.160 e. The van der Waals surface area contributed by atoms with Crippen LogP contribution in [-0.4, -0.2) is 5.17 Å². The van der Waals surface area contributed by atoms with Crippen molar-refractivity contribution >= 4 is 45.8 Å². The third-order valence-electron chi connectivity index (χ3n) is 3.20. The fourth-order valence-electron chi connectivity index (χ4n) is 2.16. The zero-order valence-corrected chi connectivity index (χ0v) is 13.6. The number of hydrogen-bond acceptors (Lipinski definition) is 3. The molecule has 0 spiro atoms. The van der Waals surface area contributed by atoms with Gasteiger partial charge in [-0.2, -0.15) is 0 Å². The predicted molar refractivity (Wildman–Crippen MR) is 92.8 cm³/mol. The third-order valence-corrected chi connectivity index (χ3v) is 4.74. The van der Waals surface area contributed by atoms with Gasteiger partial charge in [0, 0.05) is 15.6 Å². The Bertz CT molecular complexity index is 772. The van der Waals surface area contributed by atoms with E-state index in [1.165, 1.54) is 23.9 Å². The Balaban J connectivity index is 2.00. The van der Waals surface area contributed by atoms with Gasteiger partial charge in [0.15, 0.2) is 5.17 Å². The minimum atomic E-state index is -0.288. The van der Waals surface area contributed by atoms with Gasteiger partial charge in [0.1, 0.15) is 5.82 Å². The summed E-state index contributed by atoms with van der Waals surface area (Å²) >= 11 is 13.6. The lowest BCUT2D eigenvalue weighted by Crippen LogP contribution is -2.13. The van der Waals surface area contributed by atoms with E-state index in [-0.39, 0.29) is 11.1 Å². The second-order valence-electron chi connectivity index (χ2n) is 4.71. The topological polar surface area (TPSA) is 38.4 Å². The van der Waals surface area contributed by atoms with Gasteiger partial charge in [0.05, 0.1) is 10.9 Å². The quantitative estimate of drug-likeness (QED) is 0.798. The third kappa shape index (κ3) is 3.29. The summed E-state index contributed by atoms with van der Waals surface area (Å²) in [5.41, 5.74) is 8.35. The molecule has 112 valence electrons. The molecule has 2 nitrogen and oxygen atoms in total. The van der Waals surface area contributed by atoms with E-state index in [1.54, 1.807) is 24.3 Å². The van der Waals surface area contributed by atoms with Crippen molar-refractivity contribution in [2.45, 2.75) is 5.25 Å². The van der Waals surface area contributed by atoms with Crippen LogP contribution in [-0.2, 0) is 0 Å². The van der Waals surface area contributed by atoms with Gasteiger partial charge >= 0.3 is 0 Å². The molecule has 0 fully saturated rings. The average molecular weight is 353 g/mol. The normalized spacial score (nSPS) is 17.9. The van der Waals surface area contributed by atoms with E-state index in [4.69, 9.17) is 28.9 Å². The number of aliphatic imine (C=N–C) groups is 1. The van der Waals surface area contributed by atoms with Crippen LogP contribution in [0.4, 0.5) is 4.39 Å². The molecule has 0 radical (unpaired) electrons. The maximum absolute atomic E-state index is 13.0. The van der Waals surface area contributed by atoms with Gasteiger partial charge in [0.2, 0.25) is 0 Å². The lowest BCUT2D eigenvalue weighted by atomic mass is 10.1. The Hall–Kier alpha value is -1.49. The summed E-state index contributed by atoms with van der Waals surface area (Å²) in [5, 5.41) is 1.54. The molecule has 2 N–H and O–H groups in total. The minimum absolute atomic E-state index is 0.0673. The Morgan fingerprint density at radius 3 is 2.50 bits per heavy atom. The van der Waals surface area contributed by atoms with Crippen LogP contribution in [0.1, 0.15) is 16.4 Å². The summed E-state index contributed by atoms with van der Waals surface area (Å²) in [6.45, 7) is 0. The summed E-state index contributed by atoms with van der Waals surface area (Å²) in [6, 6.07) is 11.5. The zero-order chi connectivity index (χ0) is 15.7. The van der Waals surface area contributed by atoms with E-state index < -0.39 is 0 Å². The monoisotopic (exact) mass is 352 g/mol. The number of nitrogens with zero attached hydrogens (tertiary/aromatic N) is 1. The Morgan fingerprint density at radius 2 is 1.82 bits per heavy atom. The molecule has 0 aromatic heterocycles. The lowest BCUT2D eigenvalue weighted by Gasteiger charge is -2.20. The summed E-state index contributed by atoms with van der Waals surface area (Å²) in [6.07, 6.45) is 1.96. The number of rotatable bonds is 2. The van der Waals surface area contributed by atoms with Gasteiger partial charge < -0.3 is 5.73 Å². The SMILES string of the molecule is NC1=NC(c2ccc(F)cc2)=C[C@H](c2ccc(Cl)cc2Cl)S1. The number of hydrogen-bond donors (Lipinski definition) is 1. The molecule has 0 aliphatic carbocycles. The first-order valence-electron chi connectivity index (χ1n) is 6.46. The molecule has 0 bridgehead atoms. The molecule has 1 heterocycles. The first kappa shape index (κ1) is 15.4. The first-order chi connectivity index (χ1) is 10.5. The van der Waals surface area contributed by atoms with E-state index in [1.807, 2.05) is 12.1 Å². The number of amidine groups is 1. The van der Waals surface area contributed by atoms with Crippen molar-refractivity contribution in [3.63, 3.8) is 0 Å². The van der Waals surface area contributed by atoms with Crippen molar-refractivity contribution in [2.75, 3.05) is 0 Å². The predicted octanol–water partition coefficient (Wildman–Crippen LogP) is 5.28. The molecule has 0 saturated carbocycles. The summed E-state index contributed by atoms with van der Waals surface area (Å²) < 4.78 is 13.0. The molecule has 2 aromatic rings. The summed E-state index contributed by atoms with van der Waals surface area (Å²) in [4.78, 5) is 4.33. The van der Waals surface area contributed by atoms with Crippen LogP contribution in [0.3, 0.4) is 0 Å². The van der Waals surface area contributed by atoms with E-state index in [9.17, 15) is 4.39 Å². The van der Waals surface area contributed by atoms with Crippen molar-refractivity contribution in [3.8, 4) is 0 Å².